The summed E-state index contributed by atoms with van der Waals surface area (Å²) in [5.74, 6) is 0.279. The van der Waals surface area contributed by atoms with E-state index < -0.39 is 0 Å². The zero-order valence-electron chi connectivity index (χ0n) is 6.96. The third-order valence-electron chi connectivity index (χ3n) is 0.873. The molecule has 0 saturated carbocycles. The van der Waals surface area contributed by atoms with E-state index in [2.05, 4.69) is 0 Å². The summed E-state index contributed by atoms with van der Waals surface area (Å²) in [7, 11) is 0. The summed E-state index contributed by atoms with van der Waals surface area (Å²) in [5.41, 5.74) is 0. The highest BCUT2D eigenvalue weighted by atomic mass is 32.2. The molecule has 0 fully saturated rings. The summed E-state index contributed by atoms with van der Waals surface area (Å²) >= 11 is 1.96. The fourth-order valence-corrected chi connectivity index (χ4v) is 1.47. The van der Waals surface area contributed by atoms with Gasteiger partial charge in [0.25, 0.3) is 0 Å². The summed E-state index contributed by atoms with van der Waals surface area (Å²) < 4.78 is 0. The molecule has 12 heavy (non-hydrogen) atoms. The molecular weight excluding hydrogens is 196 g/mol. The van der Waals surface area contributed by atoms with Gasteiger partial charge in [-0.2, -0.15) is 0 Å². The van der Waals surface area contributed by atoms with Crippen molar-refractivity contribution in [3.8, 4) is 0 Å². The number of carbonyl (C=O) groups is 3. The van der Waals surface area contributed by atoms with E-state index in [-0.39, 0.29) is 27.5 Å². The highest BCUT2D eigenvalue weighted by Gasteiger charge is 2.05. The van der Waals surface area contributed by atoms with Gasteiger partial charge >= 0.3 is 0 Å². The van der Waals surface area contributed by atoms with E-state index in [1.165, 1.54) is 13.8 Å². The minimum absolute atomic E-state index is 0.0730. The fraction of sp³-hybridized carbons (Fsp3) is 0.571. The lowest BCUT2D eigenvalue weighted by molar-refractivity contribution is -0.115. The Morgan fingerprint density at radius 2 is 1.25 bits per heavy atom. The molecule has 0 N–H and O–H groups in total. The van der Waals surface area contributed by atoms with Crippen LogP contribution in [0.2, 0.25) is 0 Å². The second kappa shape index (κ2) is 6.25. The van der Waals surface area contributed by atoms with Crippen LogP contribution in [-0.4, -0.2) is 27.5 Å². The smallest absolute Gasteiger partial charge is 0.186 e. The van der Waals surface area contributed by atoms with Crippen molar-refractivity contribution in [3.63, 3.8) is 0 Å². The number of rotatable bonds is 4. The maximum absolute atomic E-state index is 10.9. The summed E-state index contributed by atoms with van der Waals surface area (Å²) in [6.07, 6.45) is 0. The van der Waals surface area contributed by atoms with Crippen molar-refractivity contribution >= 4 is 39.5 Å². The minimum atomic E-state index is -0.0737. The lowest BCUT2D eigenvalue weighted by Crippen LogP contribution is -2.07. The van der Waals surface area contributed by atoms with Crippen molar-refractivity contribution < 1.29 is 14.4 Å². The first-order valence-electron chi connectivity index (χ1n) is 3.31. The van der Waals surface area contributed by atoms with Crippen LogP contribution in [0.3, 0.4) is 0 Å². The zero-order chi connectivity index (χ0) is 9.56. The Bertz CT molecular complexity index is 181. The molecule has 0 radical (unpaired) electrons. The van der Waals surface area contributed by atoms with Gasteiger partial charge in [-0.1, -0.05) is 23.5 Å². The molecule has 68 valence electrons. The van der Waals surface area contributed by atoms with Crippen LogP contribution in [0.1, 0.15) is 13.8 Å². The number of carbonyl (C=O) groups excluding carboxylic acids is 3. The predicted molar refractivity (Wildman–Crippen MR) is 51.3 cm³/mol. The number of Topliss-reactive ketones (excluding diaryl/α,β-unsaturated/α-hetero) is 1. The van der Waals surface area contributed by atoms with Gasteiger partial charge in [0.2, 0.25) is 0 Å². The second-order valence-electron chi connectivity index (χ2n) is 2.10. The lowest BCUT2D eigenvalue weighted by atomic mass is 10.5. The third-order valence-corrected chi connectivity index (χ3v) is 2.62. The summed E-state index contributed by atoms with van der Waals surface area (Å²) in [6.45, 7) is 2.83. The highest BCUT2D eigenvalue weighted by Crippen LogP contribution is 2.06. The van der Waals surface area contributed by atoms with Crippen LogP contribution in [-0.2, 0) is 14.4 Å². The van der Waals surface area contributed by atoms with Crippen molar-refractivity contribution in [2.75, 3.05) is 11.5 Å². The minimum Gasteiger partial charge on any atom is -0.298 e. The topological polar surface area (TPSA) is 51.2 Å². The molecule has 0 aliphatic rings. The van der Waals surface area contributed by atoms with Crippen LogP contribution in [0.4, 0.5) is 0 Å². The van der Waals surface area contributed by atoms with E-state index in [9.17, 15) is 14.4 Å². The average molecular weight is 206 g/mol. The maximum Gasteiger partial charge on any atom is 0.186 e. The first-order chi connectivity index (χ1) is 5.52. The number of hydrogen-bond donors (Lipinski definition) is 0. The van der Waals surface area contributed by atoms with Gasteiger partial charge in [-0.3, -0.25) is 14.4 Å². The molecular formula is C7H10O3S2. The Hall–Kier alpha value is -0.290. The normalized spacial score (nSPS) is 9.50. The standard InChI is InChI=1S/C7H10O3S2/c1-5(8)11-3-7(10)4-12-6(2)9/h3-4H2,1-2H3. The molecule has 0 aromatic rings. The van der Waals surface area contributed by atoms with Gasteiger partial charge in [-0.25, -0.2) is 0 Å². The Kier molecular flexibility index (Phi) is 6.10. The van der Waals surface area contributed by atoms with Gasteiger partial charge in [0.15, 0.2) is 16.0 Å². The molecule has 0 atom stereocenters. The number of thioether (sulfide) groups is 2. The van der Waals surface area contributed by atoms with Crippen molar-refractivity contribution in [2.24, 2.45) is 0 Å². The van der Waals surface area contributed by atoms with E-state index in [0.29, 0.717) is 0 Å². The van der Waals surface area contributed by atoms with Gasteiger partial charge in [0.05, 0.1) is 11.5 Å². The largest absolute Gasteiger partial charge is 0.298 e. The van der Waals surface area contributed by atoms with Crippen LogP contribution in [0.25, 0.3) is 0 Å². The zero-order valence-corrected chi connectivity index (χ0v) is 8.59. The number of ketones is 1. The summed E-state index contributed by atoms with van der Waals surface area (Å²) in [4.78, 5) is 31.8. The quantitative estimate of drug-likeness (QED) is 0.689. The molecule has 5 heteroatoms. The van der Waals surface area contributed by atoms with Crippen molar-refractivity contribution in [2.45, 2.75) is 13.8 Å². The Balaban J connectivity index is 3.47. The average Bonchev–Trinajstić information content (AvgIpc) is 1.96. The molecule has 0 unspecified atom stereocenters. The molecule has 0 aromatic heterocycles. The SMILES string of the molecule is CC(=O)SCC(=O)CSC(C)=O. The molecule has 0 aliphatic carbocycles. The van der Waals surface area contributed by atoms with Crippen molar-refractivity contribution in [3.05, 3.63) is 0 Å². The first-order valence-corrected chi connectivity index (χ1v) is 5.28. The fourth-order valence-electron chi connectivity index (χ4n) is 0.406. The molecule has 3 nitrogen and oxygen atoms in total. The van der Waals surface area contributed by atoms with E-state index >= 15 is 0 Å². The van der Waals surface area contributed by atoms with Crippen LogP contribution in [0.5, 0.6) is 0 Å². The molecule has 0 saturated heterocycles. The van der Waals surface area contributed by atoms with Gasteiger partial charge in [0.1, 0.15) is 0 Å². The summed E-state index contributed by atoms with van der Waals surface area (Å²) in [6, 6.07) is 0. The van der Waals surface area contributed by atoms with E-state index in [1.807, 2.05) is 0 Å². The molecule has 0 aliphatic heterocycles. The van der Waals surface area contributed by atoms with Gasteiger partial charge in [0, 0.05) is 13.8 Å². The predicted octanol–water partition coefficient (Wildman–Crippen LogP) is 1.11. The molecule has 0 spiro atoms. The van der Waals surface area contributed by atoms with E-state index in [1.54, 1.807) is 0 Å². The van der Waals surface area contributed by atoms with Crippen molar-refractivity contribution in [1.29, 1.82) is 0 Å². The molecule has 0 amide bonds. The van der Waals surface area contributed by atoms with Crippen LogP contribution < -0.4 is 0 Å². The van der Waals surface area contributed by atoms with Crippen molar-refractivity contribution in [1.82, 2.24) is 0 Å². The lowest BCUT2D eigenvalue weighted by Gasteiger charge is -1.95. The Morgan fingerprint density at radius 1 is 0.917 bits per heavy atom. The summed E-state index contributed by atoms with van der Waals surface area (Å²) in [5, 5.41) is -0.146. The van der Waals surface area contributed by atoms with Crippen LogP contribution in [0.15, 0.2) is 0 Å². The molecule has 0 bridgehead atoms. The van der Waals surface area contributed by atoms with E-state index in [4.69, 9.17) is 0 Å². The first kappa shape index (κ1) is 11.7. The van der Waals surface area contributed by atoms with Crippen LogP contribution in [0, 0.1) is 0 Å². The third kappa shape index (κ3) is 7.81. The monoisotopic (exact) mass is 206 g/mol. The van der Waals surface area contributed by atoms with E-state index in [0.717, 1.165) is 23.5 Å². The molecule has 0 heterocycles. The maximum atomic E-state index is 10.9. The Morgan fingerprint density at radius 3 is 1.50 bits per heavy atom. The molecule has 0 rings (SSSR count). The second-order valence-corrected chi connectivity index (χ2v) is 4.40. The van der Waals surface area contributed by atoms with Crippen LogP contribution >= 0.6 is 23.5 Å². The van der Waals surface area contributed by atoms with Gasteiger partial charge in [-0.15, -0.1) is 0 Å². The number of hydrogen-bond acceptors (Lipinski definition) is 5. The Labute approximate surface area is 79.7 Å². The van der Waals surface area contributed by atoms with Gasteiger partial charge in [-0.05, 0) is 0 Å². The highest BCUT2D eigenvalue weighted by molar-refractivity contribution is 8.15. The molecule has 0 aromatic carbocycles. The van der Waals surface area contributed by atoms with Gasteiger partial charge < -0.3 is 0 Å².